The predicted octanol–water partition coefficient (Wildman–Crippen LogP) is 2.14. The predicted molar refractivity (Wildman–Crippen MR) is 81.3 cm³/mol. The molecule has 0 spiro atoms. The average molecular weight is 295 g/mol. The number of methoxy groups -OCH3 is 2. The van der Waals surface area contributed by atoms with E-state index in [1.54, 1.807) is 14.0 Å². The average Bonchev–Trinajstić information content (AvgIpc) is 2.44. The van der Waals surface area contributed by atoms with E-state index in [0.717, 1.165) is 5.56 Å². The quantitative estimate of drug-likeness (QED) is 0.745. The molecule has 0 bridgehead atoms. The van der Waals surface area contributed by atoms with Crippen LogP contribution in [0, 0.1) is 0 Å². The first-order valence-electron chi connectivity index (χ1n) is 6.98. The summed E-state index contributed by atoms with van der Waals surface area (Å²) in [6.45, 7) is 6.43. The van der Waals surface area contributed by atoms with Crippen molar-refractivity contribution in [2.24, 2.45) is 0 Å². The summed E-state index contributed by atoms with van der Waals surface area (Å²) in [5, 5.41) is 3.19. The van der Waals surface area contributed by atoms with E-state index in [-0.39, 0.29) is 18.6 Å². The molecule has 21 heavy (non-hydrogen) atoms. The molecule has 0 aliphatic carbocycles. The summed E-state index contributed by atoms with van der Waals surface area (Å²) in [5.74, 6) is 0.356. The Kier molecular flexibility index (Phi) is 6.65. The van der Waals surface area contributed by atoms with Crippen molar-refractivity contribution in [2.75, 3.05) is 20.8 Å². The molecule has 5 nitrogen and oxygen atoms in total. The van der Waals surface area contributed by atoms with Crippen molar-refractivity contribution >= 4 is 5.97 Å². The highest BCUT2D eigenvalue weighted by Gasteiger charge is 2.35. The third-order valence-corrected chi connectivity index (χ3v) is 2.98. The Morgan fingerprint density at radius 1 is 1.33 bits per heavy atom. The molecule has 5 heteroatoms. The van der Waals surface area contributed by atoms with E-state index >= 15 is 0 Å². The number of carbonyl (C=O) groups is 1. The summed E-state index contributed by atoms with van der Waals surface area (Å²) in [5.41, 5.74) is 0.131. The Morgan fingerprint density at radius 2 is 2.05 bits per heavy atom. The highest BCUT2D eigenvalue weighted by molar-refractivity contribution is 5.80. The Morgan fingerprint density at radius 3 is 2.62 bits per heavy atom. The van der Waals surface area contributed by atoms with E-state index in [1.807, 2.05) is 38.1 Å². The van der Waals surface area contributed by atoms with Gasteiger partial charge in [0.2, 0.25) is 0 Å². The standard InChI is InChI=1S/C16H25NO4/c1-12(2)17-16(3,15(18)20-5)11-21-14-8-6-7-13(9-14)10-19-4/h6-9,12,17H,10-11H2,1-5H3. The van der Waals surface area contributed by atoms with Gasteiger partial charge in [-0.15, -0.1) is 0 Å². The van der Waals surface area contributed by atoms with Crippen LogP contribution in [0.25, 0.3) is 0 Å². The van der Waals surface area contributed by atoms with Crippen molar-refractivity contribution in [3.8, 4) is 5.75 Å². The maximum Gasteiger partial charge on any atom is 0.329 e. The van der Waals surface area contributed by atoms with Crippen LogP contribution in [-0.2, 0) is 20.9 Å². The second-order valence-electron chi connectivity index (χ2n) is 5.49. The third-order valence-electron chi connectivity index (χ3n) is 2.98. The zero-order valence-corrected chi connectivity index (χ0v) is 13.4. The largest absolute Gasteiger partial charge is 0.491 e. The lowest BCUT2D eigenvalue weighted by Crippen LogP contribution is -2.56. The van der Waals surface area contributed by atoms with Gasteiger partial charge in [-0.25, -0.2) is 4.79 Å². The Balaban J connectivity index is 2.76. The van der Waals surface area contributed by atoms with Crippen LogP contribution >= 0.6 is 0 Å². The van der Waals surface area contributed by atoms with E-state index in [4.69, 9.17) is 14.2 Å². The topological polar surface area (TPSA) is 56.8 Å². The minimum Gasteiger partial charge on any atom is -0.491 e. The summed E-state index contributed by atoms with van der Waals surface area (Å²) in [7, 11) is 3.02. The van der Waals surface area contributed by atoms with Crippen molar-refractivity contribution in [1.82, 2.24) is 5.32 Å². The van der Waals surface area contributed by atoms with Crippen molar-refractivity contribution in [1.29, 1.82) is 0 Å². The van der Waals surface area contributed by atoms with Crippen molar-refractivity contribution < 1.29 is 19.0 Å². The van der Waals surface area contributed by atoms with E-state index < -0.39 is 5.54 Å². The first-order valence-corrected chi connectivity index (χ1v) is 6.98. The summed E-state index contributed by atoms with van der Waals surface area (Å²) < 4.78 is 15.7. The van der Waals surface area contributed by atoms with Gasteiger partial charge < -0.3 is 14.2 Å². The zero-order valence-electron chi connectivity index (χ0n) is 13.4. The number of benzene rings is 1. The fourth-order valence-electron chi connectivity index (χ4n) is 2.14. The molecule has 1 unspecified atom stereocenters. The van der Waals surface area contributed by atoms with Gasteiger partial charge in [-0.2, -0.15) is 0 Å². The van der Waals surface area contributed by atoms with Crippen molar-refractivity contribution in [3.63, 3.8) is 0 Å². The van der Waals surface area contributed by atoms with E-state index in [0.29, 0.717) is 12.4 Å². The summed E-state index contributed by atoms with van der Waals surface area (Å²) in [6.07, 6.45) is 0. The maximum atomic E-state index is 12.0. The molecule has 1 aromatic rings. The first kappa shape index (κ1) is 17.5. The third kappa shape index (κ3) is 5.36. The molecule has 0 aliphatic rings. The SMILES string of the molecule is COCc1cccc(OCC(C)(NC(C)C)C(=O)OC)c1. The minimum absolute atomic E-state index is 0.137. The van der Waals surface area contributed by atoms with Crippen LogP contribution in [0.1, 0.15) is 26.3 Å². The number of ether oxygens (including phenoxy) is 3. The number of hydrogen-bond acceptors (Lipinski definition) is 5. The van der Waals surface area contributed by atoms with Crippen LogP contribution in [-0.4, -0.2) is 38.4 Å². The van der Waals surface area contributed by atoms with Gasteiger partial charge in [0.25, 0.3) is 0 Å². The Hall–Kier alpha value is -1.59. The van der Waals surface area contributed by atoms with Gasteiger partial charge in [-0.1, -0.05) is 12.1 Å². The highest BCUT2D eigenvalue weighted by Crippen LogP contribution is 2.17. The van der Waals surface area contributed by atoms with Gasteiger partial charge >= 0.3 is 5.97 Å². The van der Waals surface area contributed by atoms with Gasteiger partial charge in [0.05, 0.1) is 13.7 Å². The van der Waals surface area contributed by atoms with Gasteiger partial charge in [0.15, 0.2) is 0 Å². The van der Waals surface area contributed by atoms with Gasteiger partial charge in [-0.05, 0) is 38.5 Å². The first-order chi connectivity index (χ1) is 9.91. The lowest BCUT2D eigenvalue weighted by Gasteiger charge is -2.30. The fraction of sp³-hybridized carbons (Fsp3) is 0.562. The summed E-state index contributed by atoms with van der Waals surface area (Å²) in [6, 6.07) is 7.75. The van der Waals surface area contributed by atoms with Crippen LogP contribution in [0.5, 0.6) is 5.75 Å². The summed E-state index contributed by atoms with van der Waals surface area (Å²) in [4.78, 5) is 12.0. The van der Waals surface area contributed by atoms with Crippen molar-refractivity contribution in [3.05, 3.63) is 29.8 Å². The molecule has 118 valence electrons. The Labute approximate surface area is 126 Å². The maximum absolute atomic E-state index is 12.0. The molecule has 0 amide bonds. The minimum atomic E-state index is -0.889. The van der Waals surface area contributed by atoms with Crippen LogP contribution in [0.15, 0.2) is 24.3 Å². The normalized spacial score (nSPS) is 13.8. The molecule has 0 saturated carbocycles. The number of hydrogen-bond donors (Lipinski definition) is 1. The second kappa shape index (κ2) is 8.00. The van der Waals surface area contributed by atoms with E-state index in [2.05, 4.69) is 5.32 Å². The highest BCUT2D eigenvalue weighted by atomic mass is 16.5. The molecule has 0 aromatic heterocycles. The molecule has 0 fully saturated rings. The molecule has 1 atom stereocenters. The molecular formula is C16H25NO4. The van der Waals surface area contributed by atoms with Gasteiger partial charge in [0, 0.05) is 13.2 Å². The van der Waals surface area contributed by atoms with Crippen LogP contribution in [0.3, 0.4) is 0 Å². The second-order valence-corrected chi connectivity index (χ2v) is 5.49. The number of rotatable bonds is 8. The fourth-order valence-corrected chi connectivity index (χ4v) is 2.14. The van der Waals surface area contributed by atoms with Crippen LogP contribution < -0.4 is 10.1 Å². The molecule has 0 heterocycles. The van der Waals surface area contributed by atoms with Gasteiger partial charge in [0.1, 0.15) is 17.9 Å². The lowest BCUT2D eigenvalue weighted by molar-refractivity contribution is -0.149. The Bertz CT molecular complexity index is 461. The monoisotopic (exact) mass is 295 g/mol. The van der Waals surface area contributed by atoms with E-state index in [9.17, 15) is 4.79 Å². The molecule has 1 aromatic carbocycles. The lowest BCUT2D eigenvalue weighted by atomic mass is 10.0. The molecule has 0 aliphatic heterocycles. The van der Waals surface area contributed by atoms with Crippen molar-refractivity contribution in [2.45, 2.75) is 39.0 Å². The molecule has 0 saturated heterocycles. The van der Waals surface area contributed by atoms with Crippen LogP contribution in [0.2, 0.25) is 0 Å². The molecule has 1 N–H and O–H groups in total. The zero-order chi connectivity index (χ0) is 15.9. The number of carbonyl (C=O) groups excluding carboxylic acids is 1. The molecule has 1 rings (SSSR count). The molecule has 0 radical (unpaired) electrons. The van der Waals surface area contributed by atoms with Gasteiger partial charge in [-0.3, -0.25) is 5.32 Å². The van der Waals surface area contributed by atoms with E-state index in [1.165, 1.54) is 7.11 Å². The van der Waals surface area contributed by atoms with Crippen LogP contribution in [0.4, 0.5) is 0 Å². The molecular weight excluding hydrogens is 270 g/mol. The number of esters is 1. The smallest absolute Gasteiger partial charge is 0.329 e. The number of nitrogens with one attached hydrogen (secondary N) is 1. The summed E-state index contributed by atoms with van der Waals surface area (Å²) >= 11 is 0.